The van der Waals surface area contributed by atoms with Crippen LogP contribution < -0.4 is 5.56 Å². The molecule has 0 amide bonds. The molecule has 150 valence electrons. The van der Waals surface area contributed by atoms with Crippen LogP contribution in [-0.4, -0.2) is 9.55 Å². The Labute approximate surface area is 168 Å². The topological polar surface area (TPSA) is 34.9 Å². The van der Waals surface area contributed by atoms with Gasteiger partial charge in [-0.3, -0.25) is 9.36 Å². The largest absolute Gasteiger partial charge is 0.416 e. The molecule has 3 nitrogen and oxygen atoms in total. The summed E-state index contributed by atoms with van der Waals surface area (Å²) in [4.78, 5) is 17.5. The molecule has 4 rings (SSSR count). The van der Waals surface area contributed by atoms with Gasteiger partial charge < -0.3 is 0 Å². The predicted octanol–water partition coefficient (Wildman–Crippen LogP) is 5.71. The van der Waals surface area contributed by atoms with Crippen LogP contribution in [-0.2, 0) is 6.18 Å². The molecule has 0 N–H and O–H groups in total. The Hall–Kier alpha value is -3.74. The van der Waals surface area contributed by atoms with Crippen molar-refractivity contribution in [3.63, 3.8) is 0 Å². The van der Waals surface area contributed by atoms with Gasteiger partial charge in [0.1, 0.15) is 11.6 Å². The van der Waals surface area contributed by atoms with Crippen LogP contribution >= 0.6 is 0 Å². The van der Waals surface area contributed by atoms with E-state index in [1.165, 1.54) is 47.1 Å². The fourth-order valence-electron chi connectivity index (χ4n) is 3.12. The van der Waals surface area contributed by atoms with Crippen LogP contribution in [0.15, 0.2) is 77.6 Å². The lowest BCUT2D eigenvalue weighted by atomic mass is 10.1. The van der Waals surface area contributed by atoms with Crippen LogP contribution in [0.5, 0.6) is 0 Å². The monoisotopic (exact) mass is 410 g/mol. The van der Waals surface area contributed by atoms with E-state index in [0.717, 1.165) is 12.1 Å². The number of aromatic nitrogens is 2. The second-order valence-corrected chi connectivity index (χ2v) is 6.56. The lowest BCUT2D eigenvalue weighted by molar-refractivity contribution is -0.137. The summed E-state index contributed by atoms with van der Waals surface area (Å²) in [6, 6.07) is 17.0. The summed E-state index contributed by atoms with van der Waals surface area (Å²) in [6.45, 7) is 0. The third-order valence-corrected chi connectivity index (χ3v) is 4.51. The zero-order chi connectivity index (χ0) is 21.3. The molecule has 0 spiro atoms. The Kier molecular flexibility index (Phi) is 4.95. The van der Waals surface area contributed by atoms with Crippen LogP contribution in [0.1, 0.15) is 17.0 Å². The van der Waals surface area contributed by atoms with E-state index >= 15 is 0 Å². The molecule has 1 heterocycles. The number of benzene rings is 3. The van der Waals surface area contributed by atoms with Gasteiger partial charge in [0.25, 0.3) is 5.56 Å². The van der Waals surface area contributed by atoms with Crippen molar-refractivity contribution in [1.82, 2.24) is 9.55 Å². The van der Waals surface area contributed by atoms with E-state index in [0.29, 0.717) is 10.9 Å². The molecule has 0 aliphatic rings. The van der Waals surface area contributed by atoms with Gasteiger partial charge in [0.15, 0.2) is 0 Å². The van der Waals surface area contributed by atoms with Crippen LogP contribution in [0.2, 0.25) is 0 Å². The van der Waals surface area contributed by atoms with Crippen molar-refractivity contribution >= 4 is 23.1 Å². The van der Waals surface area contributed by atoms with E-state index in [1.54, 1.807) is 30.3 Å². The van der Waals surface area contributed by atoms with Gasteiger partial charge in [-0.25, -0.2) is 9.37 Å². The van der Waals surface area contributed by atoms with E-state index in [2.05, 4.69) is 4.98 Å². The molecule has 0 radical (unpaired) electrons. The van der Waals surface area contributed by atoms with Crippen LogP contribution in [0.3, 0.4) is 0 Å². The zero-order valence-electron chi connectivity index (χ0n) is 15.4. The molecule has 30 heavy (non-hydrogen) atoms. The maximum atomic E-state index is 13.8. The van der Waals surface area contributed by atoms with Gasteiger partial charge in [-0.05, 0) is 54.1 Å². The summed E-state index contributed by atoms with van der Waals surface area (Å²) in [7, 11) is 0. The molecule has 7 heteroatoms. The highest BCUT2D eigenvalue weighted by Crippen LogP contribution is 2.30. The van der Waals surface area contributed by atoms with Gasteiger partial charge in [0.2, 0.25) is 0 Å². The fraction of sp³-hybridized carbons (Fsp3) is 0.0435. The molecule has 0 aliphatic carbocycles. The molecule has 0 fully saturated rings. The zero-order valence-corrected chi connectivity index (χ0v) is 15.4. The molecule has 4 aromatic rings. The van der Waals surface area contributed by atoms with Crippen molar-refractivity contribution in [1.29, 1.82) is 0 Å². The molecule has 0 unspecified atom stereocenters. The number of fused-ring (bicyclic) bond motifs is 1. The van der Waals surface area contributed by atoms with Crippen molar-refractivity contribution in [2.45, 2.75) is 6.18 Å². The summed E-state index contributed by atoms with van der Waals surface area (Å²) in [5, 5.41) is 0.345. The quantitative estimate of drug-likeness (QED) is 0.405. The second-order valence-electron chi connectivity index (χ2n) is 6.56. The molecule has 0 saturated carbocycles. The van der Waals surface area contributed by atoms with Gasteiger partial charge in [-0.15, -0.1) is 0 Å². The van der Waals surface area contributed by atoms with Crippen LogP contribution in [0.4, 0.5) is 17.6 Å². The number of alkyl halides is 3. The Morgan fingerprint density at radius 1 is 0.867 bits per heavy atom. The highest BCUT2D eigenvalue weighted by atomic mass is 19.4. The lowest BCUT2D eigenvalue weighted by Gasteiger charge is -2.11. The first-order chi connectivity index (χ1) is 14.3. The Morgan fingerprint density at radius 3 is 2.40 bits per heavy atom. The van der Waals surface area contributed by atoms with Crippen LogP contribution in [0.25, 0.3) is 28.7 Å². The maximum Gasteiger partial charge on any atom is 0.416 e. The minimum Gasteiger partial charge on any atom is -0.268 e. The van der Waals surface area contributed by atoms with E-state index < -0.39 is 23.1 Å². The molecular weight excluding hydrogens is 396 g/mol. The van der Waals surface area contributed by atoms with Crippen molar-refractivity contribution in [2.75, 3.05) is 0 Å². The molecular formula is C23H14F4N2O. The number of para-hydroxylation sites is 1. The standard InChI is InChI=1S/C23H14F4N2O/c24-17-7-4-8-18(14-17)29-21(28-20-10-2-1-9-19(20)22(29)30)12-11-15-5-3-6-16(13-15)23(25,26)27/h1-14H. The predicted molar refractivity (Wildman–Crippen MR) is 108 cm³/mol. The first-order valence-corrected chi connectivity index (χ1v) is 8.96. The third kappa shape index (κ3) is 3.87. The number of hydrogen-bond donors (Lipinski definition) is 0. The van der Waals surface area contributed by atoms with Gasteiger partial charge in [0, 0.05) is 0 Å². The summed E-state index contributed by atoms with van der Waals surface area (Å²) in [5.41, 5.74) is -0.202. The molecule has 0 aliphatic heterocycles. The first-order valence-electron chi connectivity index (χ1n) is 8.96. The fourth-order valence-corrected chi connectivity index (χ4v) is 3.12. The smallest absolute Gasteiger partial charge is 0.268 e. The SMILES string of the molecule is O=c1c2ccccc2nc(C=Cc2cccc(C(F)(F)F)c2)n1-c1cccc(F)c1. The molecule has 0 bridgehead atoms. The highest BCUT2D eigenvalue weighted by molar-refractivity contribution is 5.80. The third-order valence-electron chi connectivity index (χ3n) is 4.51. The van der Waals surface area contributed by atoms with Crippen molar-refractivity contribution in [3.8, 4) is 5.69 Å². The molecule has 0 saturated heterocycles. The van der Waals surface area contributed by atoms with Crippen LogP contribution in [0, 0.1) is 5.82 Å². The highest BCUT2D eigenvalue weighted by Gasteiger charge is 2.30. The first kappa shape index (κ1) is 19.6. The number of halogens is 4. The van der Waals surface area contributed by atoms with Crippen molar-refractivity contribution in [2.24, 2.45) is 0 Å². The average Bonchev–Trinajstić information content (AvgIpc) is 2.72. The van der Waals surface area contributed by atoms with E-state index in [4.69, 9.17) is 0 Å². The summed E-state index contributed by atoms with van der Waals surface area (Å²) >= 11 is 0. The summed E-state index contributed by atoms with van der Waals surface area (Å²) < 4.78 is 53.9. The van der Waals surface area contributed by atoms with Gasteiger partial charge in [0.05, 0.1) is 22.2 Å². The van der Waals surface area contributed by atoms with E-state index in [-0.39, 0.29) is 17.1 Å². The maximum absolute atomic E-state index is 13.8. The Bertz CT molecular complexity index is 1320. The van der Waals surface area contributed by atoms with E-state index in [1.807, 2.05) is 0 Å². The summed E-state index contributed by atoms with van der Waals surface area (Å²) in [6.07, 6.45) is -1.59. The Morgan fingerprint density at radius 2 is 1.63 bits per heavy atom. The number of rotatable bonds is 3. The molecule has 1 aromatic heterocycles. The molecule has 3 aromatic carbocycles. The Balaban J connectivity index is 1.89. The minimum atomic E-state index is -4.46. The van der Waals surface area contributed by atoms with Gasteiger partial charge in [-0.1, -0.05) is 36.4 Å². The second kappa shape index (κ2) is 7.59. The van der Waals surface area contributed by atoms with Crippen molar-refractivity contribution < 1.29 is 17.6 Å². The van der Waals surface area contributed by atoms with E-state index in [9.17, 15) is 22.4 Å². The normalized spacial score (nSPS) is 12.0. The van der Waals surface area contributed by atoms with Gasteiger partial charge in [-0.2, -0.15) is 13.2 Å². The molecule has 0 atom stereocenters. The number of hydrogen-bond acceptors (Lipinski definition) is 2. The van der Waals surface area contributed by atoms with Crippen molar-refractivity contribution in [3.05, 3.63) is 106 Å². The van der Waals surface area contributed by atoms with Gasteiger partial charge >= 0.3 is 6.18 Å². The summed E-state index contributed by atoms with van der Waals surface area (Å²) in [5.74, 6) is -0.359. The number of nitrogens with zero attached hydrogens (tertiary/aromatic N) is 2. The average molecular weight is 410 g/mol. The minimum absolute atomic E-state index is 0.168. The lowest BCUT2D eigenvalue weighted by Crippen LogP contribution is -2.22.